The van der Waals surface area contributed by atoms with Gasteiger partial charge in [0.25, 0.3) is 0 Å². The molecule has 3 nitrogen and oxygen atoms in total. The molecule has 0 bridgehead atoms. The first-order chi connectivity index (χ1) is 8.67. The van der Waals surface area contributed by atoms with Crippen LogP contribution < -0.4 is 5.32 Å². The Kier molecular flexibility index (Phi) is 7.09. The Bertz CT molecular complexity index is 353. The van der Waals surface area contributed by atoms with E-state index in [2.05, 4.69) is 49.0 Å². The molecule has 0 aromatic carbocycles. The van der Waals surface area contributed by atoms with Gasteiger partial charge in [-0.2, -0.15) is 0 Å². The Hall–Kier alpha value is -0.770. The molecule has 0 unspecified atom stereocenters. The van der Waals surface area contributed by atoms with E-state index < -0.39 is 0 Å². The van der Waals surface area contributed by atoms with Crippen molar-refractivity contribution in [3.63, 3.8) is 0 Å². The lowest BCUT2D eigenvalue weighted by atomic mass is 10.2. The molecule has 0 saturated heterocycles. The van der Waals surface area contributed by atoms with Crippen LogP contribution in [0.3, 0.4) is 0 Å². The van der Waals surface area contributed by atoms with Gasteiger partial charge in [0.2, 0.25) is 0 Å². The Balaban J connectivity index is 2.77. The van der Waals surface area contributed by atoms with Crippen LogP contribution in [0.4, 0.5) is 5.82 Å². The number of hydrogen-bond donors (Lipinski definition) is 1. The van der Waals surface area contributed by atoms with E-state index in [1.807, 2.05) is 11.8 Å². The standard InChI is InChI=1S/C14H25N3S/c1-5-7-9-18-13-10-12(15-8-6-2)16-14(17-13)11(3)4/h10-11H,5-9H2,1-4H3,(H,15,16,17). The van der Waals surface area contributed by atoms with Crippen LogP contribution in [-0.4, -0.2) is 22.3 Å². The normalized spacial score (nSPS) is 10.9. The molecule has 0 aliphatic heterocycles. The van der Waals surface area contributed by atoms with Crippen LogP contribution in [0.5, 0.6) is 0 Å². The van der Waals surface area contributed by atoms with Gasteiger partial charge in [0.1, 0.15) is 16.7 Å². The average molecular weight is 267 g/mol. The maximum Gasteiger partial charge on any atom is 0.134 e. The third-order valence-corrected chi connectivity index (χ3v) is 3.54. The molecular weight excluding hydrogens is 242 g/mol. The monoisotopic (exact) mass is 267 g/mol. The molecule has 1 rings (SSSR count). The molecule has 1 aromatic rings. The number of hydrogen-bond acceptors (Lipinski definition) is 4. The molecule has 0 radical (unpaired) electrons. The highest BCUT2D eigenvalue weighted by atomic mass is 32.2. The fraction of sp³-hybridized carbons (Fsp3) is 0.714. The van der Waals surface area contributed by atoms with Gasteiger partial charge in [-0.05, 0) is 18.6 Å². The lowest BCUT2D eigenvalue weighted by Crippen LogP contribution is -2.06. The van der Waals surface area contributed by atoms with Crippen LogP contribution in [0.1, 0.15) is 58.7 Å². The summed E-state index contributed by atoms with van der Waals surface area (Å²) in [6.07, 6.45) is 3.58. The molecular formula is C14H25N3S. The minimum Gasteiger partial charge on any atom is -0.370 e. The second-order valence-corrected chi connectivity index (χ2v) is 5.85. The highest BCUT2D eigenvalue weighted by molar-refractivity contribution is 7.99. The number of rotatable bonds is 8. The quantitative estimate of drug-likeness (QED) is 0.432. The Morgan fingerprint density at radius 2 is 2.00 bits per heavy atom. The van der Waals surface area contributed by atoms with Gasteiger partial charge < -0.3 is 5.32 Å². The van der Waals surface area contributed by atoms with Crippen LogP contribution in [0.2, 0.25) is 0 Å². The van der Waals surface area contributed by atoms with Gasteiger partial charge >= 0.3 is 0 Å². The van der Waals surface area contributed by atoms with Crippen molar-refractivity contribution in [1.82, 2.24) is 9.97 Å². The fourth-order valence-corrected chi connectivity index (χ4v) is 2.43. The minimum atomic E-state index is 0.374. The molecule has 1 N–H and O–H groups in total. The van der Waals surface area contributed by atoms with Crippen molar-refractivity contribution in [1.29, 1.82) is 0 Å². The van der Waals surface area contributed by atoms with Crippen LogP contribution >= 0.6 is 11.8 Å². The van der Waals surface area contributed by atoms with Crippen LogP contribution in [-0.2, 0) is 0 Å². The zero-order chi connectivity index (χ0) is 13.4. The van der Waals surface area contributed by atoms with E-state index in [9.17, 15) is 0 Å². The smallest absolute Gasteiger partial charge is 0.134 e. The summed E-state index contributed by atoms with van der Waals surface area (Å²) in [5.74, 6) is 3.42. The van der Waals surface area contributed by atoms with E-state index in [1.54, 1.807) is 0 Å². The van der Waals surface area contributed by atoms with E-state index in [-0.39, 0.29) is 0 Å². The van der Waals surface area contributed by atoms with E-state index >= 15 is 0 Å². The molecule has 0 saturated carbocycles. The minimum absolute atomic E-state index is 0.374. The predicted octanol–water partition coefficient (Wildman–Crippen LogP) is 4.31. The summed E-state index contributed by atoms with van der Waals surface area (Å²) in [6, 6.07) is 2.07. The maximum atomic E-state index is 4.62. The van der Waals surface area contributed by atoms with Gasteiger partial charge in [-0.15, -0.1) is 11.8 Å². The highest BCUT2D eigenvalue weighted by Gasteiger charge is 2.08. The first-order valence-electron chi connectivity index (χ1n) is 6.93. The largest absolute Gasteiger partial charge is 0.370 e. The zero-order valence-corrected chi connectivity index (χ0v) is 12.8. The lowest BCUT2D eigenvalue weighted by molar-refractivity contribution is 0.752. The maximum absolute atomic E-state index is 4.62. The van der Waals surface area contributed by atoms with E-state index in [1.165, 1.54) is 12.8 Å². The van der Waals surface area contributed by atoms with Gasteiger partial charge in [0.05, 0.1) is 0 Å². The Labute approximate surface area is 115 Å². The number of anilines is 1. The number of nitrogens with one attached hydrogen (secondary N) is 1. The molecule has 102 valence electrons. The summed E-state index contributed by atoms with van der Waals surface area (Å²) in [7, 11) is 0. The van der Waals surface area contributed by atoms with Crippen molar-refractivity contribution < 1.29 is 0 Å². The molecule has 1 heterocycles. The summed E-state index contributed by atoms with van der Waals surface area (Å²) in [4.78, 5) is 9.19. The number of aromatic nitrogens is 2. The van der Waals surface area contributed by atoms with Crippen molar-refractivity contribution in [3.05, 3.63) is 11.9 Å². The zero-order valence-electron chi connectivity index (χ0n) is 12.0. The third-order valence-electron chi connectivity index (χ3n) is 2.54. The SMILES string of the molecule is CCCCSc1cc(NCCC)nc(C(C)C)n1. The molecule has 18 heavy (non-hydrogen) atoms. The van der Waals surface area contributed by atoms with E-state index in [0.717, 1.165) is 35.4 Å². The number of thioether (sulfide) groups is 1. The lowest BCUT2D eigenvalue weighted by Gasteiger charge is -2.11. The topological polar surface area (TPSA) is 37.8 Å². The van der Waals surface area contributed by atoms with E-state index in [4.69, 9.17) is 0 Å². The van der Waals surface area contributed by atoms with Crippen molar-refractivity contribution in [2.24, 2.45) is 0 Å². The molecule has 0 fully saturated rings. The van der Waals surface area contributed by atoms with Crippen LogP contribution in [0.25, 0.3) is 0 Å². The third kappa shape index (κ3) is 5.25. The summed E-state index contributed by atoms with van der Waals surface area (Å²) < 4.78 is 0. The van der Waals surface area contributed by atoms with Crippen molar-refractivity contribution >= 4 is 17.6 Å². The summed E-state index contributed by atoms with van der Waals surface area (Å²) in [5.41, 5.74) is 0. The second kappa shape index (κ2) is 8.35. The van der Waals surface area contributed by atoms with Gasteiger partial charge in [0.15, 0.2) is 0 Å². The van der Waals surface area contributed by atoms with Crippen LogP contribution in [0.15, 0.2) is 11.1 Å². The molecule has 0 atom stereocenters. The van der Waals surface area contributed by atoms with Crippen molar-refractivity contribution in [3.8, 4) is 0 Å². The van der Waals surface area contributed by atoms with Gasteiger partial charge in [-0.25, -0.2) is 9.97 Å². The van der Waals surface area contributed by atoms with Gasteiger partial charge in [-0.3, -0.25) is 0 Å². The van der Waals surface area contributed by atoms with Gasteiger partial charge in [0, 0.05) is 18.5 Å². The summed E-state index contributed by atoms with van der Waals surface area (Å²) in [5, 5.41) is 4.45. The molecule has 4 heteroatoms. The second-order valence-electron chi connectivity index (χ2n) is 4.73. The van der Waals surface area contributed by atoms with Crippen LogP contribution in [0, 0.1) is 0 Å². The highest BCUT2D eigenvalue weighted by Crippen LogP contribution is 2.22. The number of unbranched alkanes of at least 4 members (excludes halogenated alkanes) is 1. The summed E-state index contributed by atoms with van der Waals surface area (Å²) in [6.45, 7) is 9.62. The fourth-order valence-electron chi connectivity index (χ4n) is 1.44. The van der Waals surface area contributed by atoms with E-state index in [0.29, 0.717) is 5.92 Å². The Morgan fingerprint density at radius 1 is 1.22 bits per heavy atom. The summed E-state index contributed by atoms with van der Waals surface area (Å²) >= 11 is 1.83. The first kappa shape index (κ1) is 15.3. The van der Waals surface area contributed by atoms with Gasteiger partial charge in [-0.1, -0.05) is 34.1 Å². The number of nitrogens with zero attached hydrogens (tertiary/aromatic N) is 2. The molecule has 0 spiro atoms. The molecule has 0 amide bonds. The molecule has 0 aliphatic rings. The average Bonchev–Trinajstić information content (AvgIpc) is 2.36. The molecule has 1 aromatic heterocycles. The Morgan fingerprint density at radius 3 is 2.61 bits per heavy atom. The first-order valence-corrected chi connectivity index (χ1v) is 7.91. The van der Waals surface area contributed by atoms with Crippen molar-refractivity contribution in [2.75, 3.05) is 17.6 Å². The molecule has 0 aliphatic carbocycles. The predicted molar refractivity (Wildman–Crippen MR) is 80.5 cm³/mol. The van der Waals surface area contributed by atoms with Crippen molar-refractivity contribution in [2.45, 2.75) is 57.9 Å².